The normalized spacial score (nSPS) is 25.2. The van der Waals surface area contributed by atoms with E-state index in [1.54, 1.807) is 6.07 Å². The summed E-state index contributed by atoms with van der Waals surface area (Å²) in [6.45, 7) is 5.06. The minimum absolute atomic E-state index is 0.119. The Kier molecular flexibility index (Phi) is 6.42. The second kappa shape index (κ2) is 10.3. The fourth-order valence-corrected chi connectivity index (χ4v) is 7.30. The Labute approximate surface area is 247 Å². The van der Waals surface area contributed by atoms with E-state index in [9.17, 15) is 20.3 Å². The first kappa shape index (κ1) is 26.8. The molecule has 43 heavy (non-hydrogen) atoms. The molecule has 0 atom stereocenters. The average molecular weight is 577 g/mol. The summed E-state index contributed by atoms with van der Waals surface area (Å²) >= 11 is 0. The molecule has 4 fully saturated rings. The molecule has 4 aromatic rings. The van der Waals surface area contributed by atoms with Crippen LogP contribution in [0.2, 0.25) is 0 Å². The predicted molar refractivity (Wildman–Crippen MR) is 156 cm³/mol. The summed E-state index contributed by atoms with van der Waals surface area (Å²) < 4.78 is 11.9. The van der Waals surface area contributed by atoms with Gasteiger partial charge in [-0.1, -0.05) is 24.3 Å². The number of phenolic OH excluding ortho intramolecular Hbond substituents is 2. The van der Waals surface area contributed by atoms with Gasteiger partial charge in [0.15, 0.2) is 5.75 Å². The molecular formula is C33H28N4O6. The highest BCUT2D eigenvalue weighted by atomic mass is 16.6. The standard InChI is InChI=1S/C33H28N4O6/c34-15-21-1-6-28(13-31(21)38)42-26-7-2-22(3-8-26)33(24-16-35-18-25(33)19-36(17-24)20-35)23-4-9-27(10-5-23)43-29-11-12-30(37(40)41)32(39)14-29/h1-14,24-25,38-39H,16-20H2. The molecule has 4 aliphatic rings. The molecule has 0 spiro atoms. The zero-order valence-electron chi connectivity index (χ0n) is 23.1. The quantitative estimate of drug-likeness (QED) is 0.214. The molecule has 4 saturated heterocycles. The van der Waals surface area contributed by atoms with Gasteiger partial charge >= 0.3 is 5.69 Å². The number of aromatic hydroxyl groups is 2. The Bertz CT molecular complexity index is 1720. The van der Waals surface area contributed by atoms with E-state index < -0.39 is 10.7 Å². The second-order valence-corrected chi connectivity index (χ2v) is 11.4. The van der Waals surface area contributed by atoms with Crippen LogP contribution in [0.15, 0.2) is 84.9 Å². The minimum atomic E-state index is -0.637. The zero-order chi connectivity index (χ0) is 29.7. The second-order valence-electron chi connectivity index (χ2n) is 11.4. The van der Waals surface area contributed by atoms with Gasteiger partial charge in [-0.2, -0.15) is 5.26 Å². The van der Waals surface area contributed by atoms with Gasteiger partial charge in [0.1, 0.15) is 34.8 Å². The van der Waals surface area contributed by atoms with E-state index in [4.69, 9.17) is 14.7 Å². The summed E-state index contributed by atoms with van der Waals surface area (Å²) in [7, 11) is 0. The fourth-order valence-electron chi connectivity index (χ4n) is 7.30. The first-order valence-electron chi connectivity index (χ1n) is 14.1. The summed E-state index contributed by atoms with van der Waals surface area (Å²) in [5.41, 5.74) is 2.02. The topological polar surface area (TPSA) is 132 Å². The molecule has 10 nitrogen and oxygen atoms in total. The van der Waals surface area contributed by atoms with Crippen LogP contribution in [0.3, 0.4) is 0 Å². The van der Waals surface area contributed by atoms with Gasteiger partial charge in [-0.3, -0.25) is 19.9 Å². The number of phenols is 2. The zero-order valence-corrected chi connectivity index (χ0v) is 23.1. The number of rotatable bonds is 7. The summed E-state index contributed by atoms with van der Waals surface area (Å²) in [5, 5.41) is 40.2. The van der Waals surface area contributed by atoms with Crippen LogP contribution in [0.4, 0.5) is 5.69 Å². The lowest BCUT2D eigenvalue weighted by Crippen LogP contribution is -2.71. The molecule has 0 saturated carbocycles. The van der Waals surface area contributed by atoms with Crippen LogP contribution >= 0.6 is 0 Å². The number of nitrogens with zero attached hydrogens (tertiary/aromatic N) is 4. The highest BCUT2D eigenvalue weighted by molar-refractivity contribution is 5.52. The molecule has 4 aliphatic heterocycles. The fraction of sp³-hybridized carbons (Fsp3) is 0.242. The summed E-state index contributed by atoms with van der Waals surface area (Å²) in [5.74, 6) is 2.17. The minimum Gasteiger partial charge on any atom is -0.506 e. The molecule has 2 N–H and O–H groups in total. The predicted octanol–water partition coefficient (Wildman–Crippen LogP) is 5.58. The van der Waals surface area contributed by atoms with Crippen molar-refractivity contribution >= 4 is 5.69 Å². The van der Waals surface area contributed by atoms with Crippen molar-refractivity contribution in [1.29, 1.82) is 5.26 Å². The van der Waals surface area contributed by atoms with Crippen molar-refractivity contribution in [3.63, 3.8) is 0 Å². The van der Waals surface area contributed by atoms with Gasteiger partial charge in [0.25, 0.3) is 0 Å². The molecule has 0 radical (unpaired) electrons. The van der Waals surface area contributed by atoms with Crippen molar-refractivity contribution in [2.75, 3.05) is 32.8 Å². The number of nitriles is 1. The van der Waals surface area contributed by atoms with E-state index in [0.29, 0.717) is 34.8 Å². The first-order chi connectivity index (χ1) is 20.8. The van der Waals surface area contributed by atoms with E-state index in [2.05, 4.69) is 34.1 Å². The number of nitro benzene ring substituents is 1. The van der Waals surface area contributed by atoms with Crippen LogP contribution < -0.4 is 9.47 Å². The van der Waals surface area contributed by atoms with Crippen LogP contribution in [-0.2, 0) is 5.41 Å². The van der Waals surface area contributed by atoms with Crippen molar-refractivity contribution < 1.29 is 24.6 Å². The van der Waals surface area contributed by atoms with Crippen LogP contribution in [-0.4, -0.2) is 57.8 Å². The molecule has 0 aliphatic carbocycles. The van der Waals surface area contributed by atoms with E-state index in [1.165, 1.54) is 41.5 Å². The lowest BCUT2D eigenvalue weighted by Gasteiger charge is -2.63. The molecule has 0 amide bonds. The van der Waals surface area contributed by atoms with E-state index in [-0.39, 0.29) is 22.4 Å². The van der Waals surface area contributed by atoms with Crippen molar-refractivity contribution in [2.24, 2.45) is 11.8 Å². The van der Waals surface area contributed by atoms with Crippen LogP contribution in [0.25, 0.3) is 0 Å². The average Bonchev–Trinajstić information content (AvgIpc) is 2.98. The van der Waals surface area contributed by atoms with Crippen molar-refractivity contribution in [1.82, 2.24) is 9.80 Å². The number of piperidine rings is 2. The highest BCUT2D eigenvalue weighted by Crippen LogP contribution is 2.54. The molecule has 4 heterocycles. The maximum absolute atomic E-state index is 11.0. The third-order valence-electron chi connectivity index (χ3n) is 8.97. The van der Waals surface area contributed by atoms with Crippen LogP contribution in [0.5, 0.6) is 34.5 Å². The Morgan fingerprint density at radius 3 is 1.65 bits per heavy atom. The summed E-state index contributed by atoms with van der Waals surface area (Å²) in [4.78, 5) is 15.5. The molecule has 4 bridgehead atoms. The Morgan fingerprint density at radius 2 is 1.21 bits per heavy atom. The first-order valence-corrected chi connectivity index (χ1v) is 14.1. The lowest BCUT2D eigenvalue weighted by molar-refractivity contribution is -0.385. The van der Waals surface area contributed by atoms with E-state index >= 15 is 0 Å². The number of ether oxygens (including phenoxy) is 2. The lowest BCUT2D eigenvalue weighted by atomic mass is 9.54. The van der Waals surface area contributed by atoms with Gasteiger partial charge in [-0.15, -0.1) is 0 Å². The number of hydrogen-bond acceptors (Lipinski definition) is 9. The van der Waals surface area contributed by atoms with Crippen molar-refractivity contribution in [3.05, 3.63) is 112 Å². The molecule has 0 aromatic heterocycles. The Balaban J connectivity index is 1.20. The third kappa shape index (κ3) is 4.59. The number of benzene rings is 4. The largest absolute Gasteiger partial charge is 0.506 e. The highest BCUT2D eigenvalue weighted by Gasteiger charge is 2.57. The molecule has 10 heteroatoms. The molecular weight excluding hydrogens is 548 g/mol. The van der Waals surface area contributed by atoms with Gasteiger partial charge < -0.3 is 19.7 Å². The van der Waals surface area contributed by atoms with Gasteiger partial charge in [-0.05, 0) is 65.4 Å². The number of hydrogen-bond donors (Lipinski definition) is 2. The van der Waals surface area contributed by atoms with Gasteiger partial charge in [0.05, 0.1) is 17.2 Å². The molecule has 8 rings (SSSR count). The molecule has 0 unspecified atom stereocenters. The maximum Gasteiger partial charge on any atom is 0.310 e. The van der Waals surface area contributed by atoms with Gasteiger partial charge in [-0.25, -0.2) is 0 Å². The van der Waals surface area contributed by atoms with Crippen molar-refractivity contribution in [2.45, 2.75) is 5.41 Å². The van der Waals surface area contributed by atoms with Gasteiger partial charge in [0.2, 0.25) is 0 Å². The molecule has 4 aromatic carbocycles. The van der Waals surface area contributed by atoms with Crippen LogP contribution in [0, 0.1) is 33.3 Å². The van der Waals surface area contributed by atoms with E-state index in [1.807, 2.05) is 30.3 Å². The maximum atomic E-state index is 11.0. The summed E-state index contributed by atoms with van der Waals surface area (Å²) in [6.07, 6.45) is 0. The van der Waals surface area contributed by atoms with Gasteiger partial charge in [0, 0.05) is 49.8 Å². The monoisotopic (exact) mass is 576 g/mol. The Hall–Kier alpha value is -5.11. The SMILES string of the molecule is N#Cc1ccc(Oc2ccc(C3(c4ccc(Oc5ccc([N+](=O)[O-])c(O)c5)cc4)C4CN5CC3CN(C4)C5)cc2)cc1O. The van der Waals surface area contributed by atoms with Crippen molar-refractivity contribution in [3.8, 4) is 40.6 Å². The Morgan fingerprint density at radius 1 is 0.744 bits per heavy atom. The smallest absolute Gasteiger partial charge is 0.310 e. The molecule has 216 valence electrons. The summed E-state index contributed by atoms with van der Waals surface area (Å²) in [6, 6.07) is 26.7. The van der Waals surface area contributed by atoms with E-state index in [0.717, 1.165) is 32.8 Å². The van der Waals surface area contributed by atoms with Crippen LogP contribution in [0.1, 0.15) is 16.7 Å². The third-order valence-corrected chi connectivity index (χ3v) is 8.97. The number of nitro groups is 1.